The van der Waals surface area contributed by atoms with Crippen LogP contribution < -0.4 is 11.1 Å². The average molecular weight is 490 g/mol. The van der Waals surface area contributed by atoms with Gasteiger partial charge in [-0.2, -0.15) is 18.4 Å². The summed E-state index contributed by atoms with van der Waals surface area (Å²) >= 11 is 0. The smallest absolute Gasteiger partial charge is 0.397 e. The Morgan fingerprint density at radius 2 is 1.89 bits per heavy atom. The maximum absolute atomic E-state index is 13.4. The summed E-state index contributed by atoms with van der Waals surface area (Å²) in [5, 5.41) is 12.9. The number of nitrogens with one attached hydrogen (secondary N) is 1. The number of fused-ring (bicyclic) bond motifs is 1. The lowest BCUT2D eigenvalue weighted by molar-refractivity contribution is -0.137. The number of pyridine rings is 3. The SMILES string of the molecule is CC(c1cccc(C#N)n1)C(C)(NC(=O)c1ccc2ncccc2c1)c1ncc(C(F)(F)F)cc1N. The second kappa shape index (κ2) is 9.26. The maximum atomic E-state index is 13.4. The minimum absolute atomic E-state index is 0.0444. The molecule has 1 amide bonds. The van der Waals surface area contributed by atoms with Gasteiger partial charge in [0.25, 0.3) is 5.91 Å². The van der Waals surface area contributed by atoms with Crippen LogP contribution in [0.1, 0.15) is 52.8 Å². The summed E-state index contributed by atoms with van der Waals surface area (Å²) in [5.41, 5.74) is 5.09. The van der Waals surface area contributed by atoms with Crippen LogP contribution in [0.2, 0.25) is 0 Å². The van der Waals surface area contributed by atoms with E-state index in [1.165, 1.54) is 6.07 Å². The van der Waals surface area contributed by atoms with Crippen molar-refractivity contribution in [3.8, 4) is 6.07 Å². The van der Waals surface area contributed by atoms with Crippen LogP contribution in [0, 0.1) is 11.3 Å². The third-order valence-corrected chi connectivity index (χ3v) is 6.17. The van der Waals surface area contributed by atoms with Crippen molar-refractivity contribution in [2.24, 2.45) is 0 Å². The first-order chi connectivity index (χ1) is 17.0. The molecule has 0 radical (unpaired) electrons. The zero-order valence-electron chi connectivity index (χ0n) is 19.3. The molecule has 4 aromatic rings. The number of hydrogen-bond acceptors (Lipinski definition) is 6. The molecule has 0 aliphatic heterocycles. The first kappa shape index (κ1) is 24.6. The van der Waals surface area contributed by atoms with Crippen LogP contribution in [-0.4, -0.2) is 20.9 Å². The standard InChI is InChI=1S/C26H21F3N6O/c1-15(21-7-3-6-19(13-30)34-21)25(2,23-20(31)12-18(14-33-23)26(27,28)29)35-24(36)17-8-9-22-16(11-17)5-4-10-32-22/h3-12,14-15H,31H2,1-2H3,(H,35,36). The summed E-state index contributed by atoms with van der Waals surface area (Å²) < 4.78 is 39.8. The highest BCUT2D eigenvalue weighted by atomic mass is 19.4. The number of nitrogens with two attached hydrogens (primary N) is 1. The molecule has 36 heavy (non-hydrogen) atoms. The maximum Gasteiger partial charge on any atom is 0.417 e. The molecule has 1 aromatic carbocycles. The Balaban J connectivity index is 1.81. The molecule has 0 spiro atoms. The lowest BCUT2D eigenvalue weighted by atomic mass is 9.80. The van der Waals surface area contributed by atoms with Gasteiger partial charge in [0.15, 0.2) is 0 Å². The topological polar surface area (TPSA) is 118 Å². The van der Waals surface area contributed by atoms with Gasteiger partial charge in [-0.3, -0.25) is 14.8 Å². The Bertz CT molecular complexity index is 1500. The molecule has 0 saturated heterocycles. The molecule has 10 heteroatoms. The molecule has 0 saturated carbocycles. The molecule has 0 aliphatic rings. The van der Waals surface area contributed by atoms with Crippen molar-refractivity contribution >= 4 is 22.5 Å². The first-order valence-corrected chi connectivity index (χ1v) is 10.9. The van der Waals surface area contributed by atoms with Crippen molar-refractivity contribution in [2.75, 3.05) is 5.73 Å². The van der Waals surface area contributed by atoms with E-state index in [0.29, 0.717) is 23.0 Å². The number of nitriles is 1. The largest absolute Gasteiger partial charge is 0.417 e. The van der Waals surface area contributed by atoms with E-state index in [-0.39, 0.29) is 17.1 Å². The minimum Gasteiger partial charge on any atom is -0.397 e. The van der Waals surface area contributed by atoms with Crippen molar-refractivity contribution in [3.05, 3.63) is 95.2 Å². The van der Waals surface area contributed by atoms with Gasteiger partial charge in [-0.1, -0.05) is 19.1 Å². The summed E-state index contributed by atoms with van der Waals surface area (Å²) in [4.78, 5) is 26.0. The molecule has 0 aliphatic carbocycles. The fourth-order valence-electron chi connectivity index (χ4n) is 4.02. The minimum atomic E-state index is -4.63. The molecular formula is C26H21F3N6O. The number of aromatic nitrogens is 3. The normalized spacial score (nSPS) is 14.0. The highest BCUT2D eigenvalue weighted by Gasteiger charge is 2.41. The van der Waals surface area contributed by atoms with Gasteiger partial charge in [0.05, 0.1) is 28.0 Å². The molecule has 182 valence electrons. The first-order valence-electron chi connectivity index (χ1n) is 10.9. The Morgan fingerprint density at radius 1 is 1.11 bits per heavy atom. The van der Waals surface area contributed by atoms with E-state index in [1.807, 2.05) is 12.1 Å². The lowest BCUT2D eigenvalue weighted by Crippen LogP contribution is -2.48. The van der Waals surface area contributed by atoms with Crippen molar-refractivity contribution in [1.82, 2.24) is 20.3 Å². The summed E-state index contributed by atoms with van der Waals surface area (Å²) in [7, 11) is 0. The van der Waals surface area contributed by atoms with Crippen molar-refractivity contribution in [2.45, 2.75) is 31.5 Å². The number of carbonyl (C=O) groups excluding carboxylic acids is 1. The van der Waals surface area contributed by atoms with Crippen LogP contribution >= 0.6 is 0 Å². The van der Waals surface area contributed by atoms with Gasteiger partial charge in [-0.25, -0.2) is 4.98 Å². The summed E-state index contributed by atoms with van der Waals surface area (Å²) in [6.07, 6.45) is -2.31. The highest BCUT2D eigenvalue weighted by molar-refractivity contribution is 5.98. The summed E-state index contributed by atoms with van der Waals surface area (Å²) in [6.45, 7) is 3.34. The van der Waals surface area contributed by atoms with Gasteiger partial charge in [-0.05, 0) is 49.4 Å². The van der Waals surface area contributed by atoms with Crippen LogP contribution in [0.5, 0.6) is 0 Å². The van der Waals surface area contributed by atoms with E-state index in [9.17, 15) is 23.2 Å². The molecule has 3 N–H and O–H groups in total. The van der Waals surface area contributed by atoms with Crippen LogP contribution in [-0.2, 0) is 11.7 Å². The number of benzene rings is 1. The lowest BCUT2D eigenvalue weighted by Gasteiger charge is -2.37. The van der Waals surface area contributed by atoms with E-state index in [2.05, 4.69) is 20.3 Å². The molecule has 0 fully saturated rings. The van der Waals surface area contributed by atoms with Gasteiger partial charge in [-0.15, -0.1) is 0 Å². The number of nitrogen functional groups attached to an aromatic ring is 1. The molecular weight excluding hydrogens is 469 g/mol. The van der Waals surface area contributed by atoms with Gasteiger partial charge in [0.1, 0.15) is 11.8 Å². The molecule has 0 bridgehead atoms. The average Bonchev–Trinajstić information content (AvgIpc) is 2.87. The van der Waals surface area contributed by atoms with E-state index in [4.69, 9.17) is 5.73 Å². The zero-order chi connectivity index (χ0) is 26.1. The van der Waals surface area contributed by atoms with Gasteiger partial charge >= 0.3 is 6.18 Å². The Hall–Kier alpha value is -4.52. The second-order valence-electron chi connectivity index (χ2n) is 8.51. The monoisotopic (exact) mass is 490 g/mol. The molecule has 3 aromatic heterocycles. The summed E-state index contributed by atoms with van der Waals surface area (Å²) in [6, 6.07) is 16.1. The number of hydrogen-bond donors (Lipinski definition) is 2. The van der Waals surface area contributed by atoms with Crippen LogP contribution in [0.3, 0.4) is 0 Å². The quantitative estimate of drug-likeness (QED) is 0.409. The Kier molecular flexibility index (Phi) is 6.33. The van der Waals surface area contributed by atoms with Crippen molar-refractivity contribution in [3.63, 3.8) is 0 Å². The number of anilines is 1. The van der Waals surface area contributed by atoms with E-state index < -0.39 is 29.1 Å². The van der Waals surface area contributed by atoms with Crippen LogP contribution in [0.25, 0.3) is 10.9 Å². The third kappa shape index (κ3) is 4.68. The number of alkyl halides is 3. The van der Waals surface area contributed by atoms with Crippen LogP contribution in [0.4, 0.5) is 18.9 Å². The van der Waals surface area contributed by atoms with Gasteiger partial charge in [0.2, 0.25) is 0 Å². The Labute approximate surface area is 204 Å². The van der Waals surface area contributed by atoms with Crippen molar-refractivity contribution in [1.29, 1.82) is 5.26 Å². The van der Waals surface area contributed by atoms with Crippen LogP contribution in [0.15, 0.2) is 67.0 Å². The number of halogens is 3. The number of nitrogens with zero attached hydrogens (tertiary/aromatic N) is 4. The zero-order valence-corrected chi connectivity index (χ0v) is 19.3. The number of rotatable bonds is 5. The second-order valence-corrected chi connectivity index (χ2v) is 8.51. The highest BCUT2D eigenvalue weighted by Crippen LogP contribution is 2.40. The fraction of sp³-hybridized carbons (Fsp3) is 0.192. The van der Waals surface area contributed by atoms with Crippen molar-refractivity contribution < 1.29 is 18.0 Å². The van der Waals surface area contributed by atoms with Gasteiger partial charge < -0.3 is 11.1 Å². The van der Waals surface area contributed by atoms with Gasteiger partial charge in [0, 0.05) is 35.0 Å². The predicted molar refractivity (Wildman–Crippen MR) is 128 cm³/mol. The van der Waals surface area contributed by atoms with E-state index in [1.54, 1.807) is 56.4 Å². The molecule has 3 heterocycles. The molecule has 7 nitrogen and oxygen atoms in total. The molecule has 4 rings (SSSR count). The van der Waals surface area contributed by atoms with E-state index >= 15 is 0 Å². The fourth-order valence-corrected chi connectivity index (χ4v) is 4.02. The van der Waals surface area contributed by atoms with E-state index in [0.717, 1.165) is 11.5 Å². The number of carbonyl (C=O) groups is 1. The Morgan fingerprint density at radius 3 is 2.58 bits per heavy atom. The third-order valence-electron chi connectivity index (χ3n) is 6.17. The predicted octanol–water partition coefficient (Wildman–Crippen LogP) is 4.95. The molecule has 2 atom stereocenters. The summed E-state index contributed by atoms with van der Waals surface area (Å²) in [5.74, 6) is -1.13. The number of amides is 1. The molecule has 2 unspecified atom stereocenters.